The molecule has 2 rings (SSSR count). The van der Waals surface area contributed by atoms with E-state index in [2.05, 4.69) is 5.16 Å². The number of hydrogen-bond donors (Lipinski definition) is 0. The maximum absolute atomic E-state index is 11.2. The lowest BCUT2D eigenvalue weighted by Crippen LogP contribution is -2.22. The SMILES string of the molecule is COC(=O)[C@@H]1CCc2oncc2C1. The first-order chi connectivity index (χ1) is 6.31. The van der Waals surface area contributed by atoms with Crippen LogP contribution in [0.2, 0.25) is 0 Å². The minimum absolute atomic E-state index is 0.0168. The fourth-order valence-electron chi connectivity index (χ4n) is 1.70. The van der Waals surface area contributed by atoms with Crippen molar-refractivity contribution in [3.05, 3.63) is 17.5 Å². The van der Waals surface area contributed by atoms with Crippen molar-refractivity contribution in [1.29, 1.82) is 0 Å². The third-order valence-corrected chi connectivity index (χ3v) is 2.45. The van der Waals surface area contributed by atoms with E-state index >= 15 is 0 Å². The van der Waals surface area contributed by atoms with E-state index in [1.807, 2.05) is 0 Å². The molecule has 0 aromatic carbocycles. The molecule has 1 aromatic heterocycles. The van der Waals surface area contributed by atoms with Crippen LogP contribution in [0.25, 0.3) is 0 Å². The lowest BCUT2D eigenvalue weighted by atomic mass is 9.88. The van der Waals surface area contributed by atoms with Crippen molar-refractivity contribution in [2.24, 2.45) is 5.92 Å². The summed E-state index contributed by atoms with van der Waals surface area (Å²) in [5, 5.41) is 3.70. The molecule has 1 atom stereocenters. The summed E-state index contributed by atoms with van der Waals surface area (Å²) in [7, 11) is 1.42. The summed E-state index contributed by atoms with van der Waals surface area (Å²) in [5.41, 5.74) is 1.04. The van der Waals surface area contributed by atoms with Gasteiger partial charge in [0.1, 0.15) is 5.76 Å². The molecule has 0 saturated carbocycles. The Kier molecular flexibility index (Phi) is 2.04. The zero-order valence-electron chi connectivity index (χ0n) is 7.45. The number of carbonyl (C=O) groups is 1. The number of rotatable bonds is 1. The first-order valence-electron chi connectivity index (χ1n) is 4.31. The second-order valence-electron chi connectivity index (χ2n) is 3.24. The summed E-state index contributed by atoms with van der Waals surface area (Å²) in [6.45, 7) is 0. The highest BCUT2D eigenvalue weighted by Crippen LogP contribution is 2.25. The van der Waals surface area contributed by atoms with Gasteiger partial charge in [0.25, 0.3) is 0 Å². The van der Waals surface area contributed by atoms with Gasteiger partial charge in [-0.1, -0.05) is 5.16 Å². The lowest BCUT2D eigenvalue weighted by molar-refractivity contribution is -0.145. The largest absolute Gasteiger partial charge is 0.469 e. The summed E-state index contributed by atoms with van der Waals surface area (Å²) in [6, 6.07) is 0. The molecule has 1 aromatic rings. The van der Waals surface area contributed by atoms with Crippen molar-refractivity contribution in [3.63, 3.8) is 0 Å². The highest BCUT2D eigenvalue weighted by Gasteiger charge is 2.27. The van der Waals surface area contributed by atoms with E-state index in [0.717, 1.165) is 24.2 Å². The summed E-state index contributed by atoms with van der Waals surface area (Å²) in [4.78, 5) is 11.2. The zero-order valence-corrected chi connectivity index (χ0v) is 7.45. The van der Waals surface area contributed by atoms with Crippen LogP contribution >= 0.6 is 0 Å². The quantitative estimate of drug-likeness (QED) is 0.605. The Morgan fingerprint density at radius 1 is 1.77 bits per heavy atom. The highest BCUT2D eigenvalue weighted by atomic mass is 16.5. The van der Waals surface area contributed by atoms with Crippen LogP contribution in [0, 0.1) is 5.92 Å². The van der Waals surface area contributed by atoms with Gasteiger partial charge in [-0.2, -0.15) is 0 Å². The molecule has 0 N–H and O–H groups in total. The average Bonchev–Trinajstić information content (AvgIpc) is 2.63. The molecule has 0 saturated heterocycles. The number of nitrogens with zero attached hydrogens (tertiary/aromatic N) is 1. The Balaban J connectivity index is 2.13. The number of hydrogen-bond acceptors (Lipinski definition) is 4. The molecule has 13 heavy (non-hydrogen) atoms. The van der Waals surface area contributed by atoms with Gasteiger partial charge in [0.05, 0.1) is 19.2 Å². The smallest absolute Gasteiger partial charge is 0.309 e. The van der Waals surface area contributed by atoms with Crippen molar-refractivity contribution in [3.8, 4) is 0 Å². The molecular weight excluding hydrogens is 170 g/mol. The predicted molar refractivity (Wildman–Crippen MR) is 44.0 cm³/mol. The molecule has 0 unspecified atom stereocenters. The molecule has 4 heteroatoms. The van der Waals surface area contributed by atoms with Crippen LogP contribution in [0.5, 0.6) is 0 Å². The van der Waals surface area contributed by atoms with Crippen LogP contribution in [0.3, 0.4) is 0 Å². The summed E-state index contributed by atoms with van der Waals surface area (Å²) < 4.78 is 9.71. The first kappa shape index (κ1) is 8.29. The Bertz CT molecular complexity index is 318. The van der Waals surface area contributed by atoms with Crippen molar-refractivity contribution in [1.82, 2.24) is 5.16 Å². The van der Waals surface area contributed by atoms with E-state index < -0.39 is 0 Å². The Hall–Kier alpha value is -1.32. The molecule has 0 spiro atoms. The van der Waals surface area contributed by atoms with E-state index in [0.29, 0.717) is 6.42 Å². The normalized spacial score (nSPS) is 20.8. The molecule has 70 valence electrons. The minimum Gasteiger partial charge on any atom is -0.469 e. The first-order valence-corrected chi connectivity index (χ1v) is 4.31. The Morgan fingerprint density at radius 3 is 3.38 bits per heavy atom. The van der Waals surface area contributed by atoms with E-state index in [1.165, 1.54) is 7.11 Å². The zero-order chi connectivity index (χ0) is 9.26. The van der Waals surface area contributed by atoms with Crippen LogP contribution in [-0.2, 0) is 22.4 Å². The molecule has 1 aliphatic rings. The fraction of sp³-hybridized carbons (Fsp3) is 0.556. The number of carbonyl (C=O) groups excluding carboxylic acids is 1. The monoisotopic (exact) mass is 181 g/mol. The molecule has 4 nitrogen and oxygen atoms in total. The second kappa shape index (κ2) is 3.20. The van der Waals surface area contributed by atoms with E-state index in [1.54, 1.807) is 6.20 Å². The highest BCUT2D eigenvalue weighted by molar-refractivity contribution is 5.73. The van der Waals surface area contributed by atoms with Crippen LogP contribution in [-0.4, -0.2) is 18.2 Å². The molecule has 0 amide bonds. The van der Waals surface area contributed by atoms with Crippen molar-refractivity contribution in [2.45, 2.75) is 19.3 Å². The van der Waals surface area contributed by atoms with E-state index in [4.69, 9.17) is 9.26 Å². The Morgan fingerprint density at radius 2 is 2.62 bits per heavy atom. The minimum atomic E-state index is -0.133. The molecule has 0 bridgehead atoms. The maximum Gasteiger partial charge on any atom is 0.309 e. The van der Waals surface area contributed by atoms with Crippen LogP contribution in [0.1, 0.15) is 17.7 Å². The number of aryl methyl sites for hydroxylation is 1. The van der Waals surface area contributed by atoms with Crippen molar-refractivity contribution in [2.75, 3.05) is 7.11 Å². The van der Waals surface area contributed by atoms with Crippen molar-refractivity contribution < 1.29 is 14.1 Å². The molecule has 0 fully saturated rings. The molecule has 1 heterocycles. The van der Waals surface area contributed by atoms with Crippen LogP contribution in [0.15, 0.2) is 10.7 Å². The standard InChI is InChI=1S/C9H11NO3/c1-12-9(11)6-2-3-8-7(4-6)5-10-13-8/h5-6H,2-4H2,1H3/t6-/m1/s1. The predicted octanol–water partition coefficient (Wildman–Crippen LogP) is 0.953. The third-order valence-electron chi connectivity index (χ3n) is 2.45. The van der Waals surface area contributed by atoms with E-state index in [9.17, 15) is 4.79 Å². The van der Waals surface area contributed by atoms with Gasteiger partial charge in [0.15, 0.2) is 0 Å². The summed E-state index contributed by atoms with van der Waals surface area (Å²) >= 11 is 0. The number of methoxy groups -OCH3 is 1. The number of fused-ring (bicyclic) bond motifs is 1. The Labute approximate surface area is 75.9 Å². The maximum atomic E-state index is 11.2. The van der Waals surface area contributed by atoms with Crippen LogP contribution in [0.4, 0.5) is 0 Å². The fourth-order valence-corrected chi connectivity index (χ4v) is 1.70. The second-order valence-corrected chi connectivity index (χ2v) is 3.24. The van der Waals surface area contributed by atoms with Gasteiger partial charge >= 0.3 is 5.97 Å². The van der Waals surface area contributed by atoms with Gasteiger partial charge in [0.2, 0.25) is 0 Å². The summed E-state index contributed by atoms with van der Waals surface area (Å²) in [6.07, 6.45) is 3.97. The van der Waals surface area contributed by atoms with E-state index in [-0.39, 0.29) is 11.9 Å². The molecule has 0 radical (unpaired) electrons. The topological polar surface area (TPSA) is 52.3 Å². The summed E-state index contributed by atoms with van der Waals surface area (Å²) in [5.74, 6) is 0.768. The number of aromatic nitrogens is 1. The lowest BCUT2D eigenvalue weighted by Gasteiger charge is -2.17. The van der Waals surface area contributed by atoms with Gasteiger partial charge < -0.3 is 9.26 Å². The van der Waals surface area contributed by atoms with Crippen molar-refractivity contribution >= 4 is 5.97 Å². The third kappa shape index (κ3) is 1.43. The molecule has 0 aliphatic heterocycles. The molecule has 1 aliphatic carbocycles. The average molecular weight is 181 g/mol. The van der Waals surface area contributed by atoms with Gasteiger partial charge in [-0.05, 0) is 12.8 Å². The number of esters is 1. The van der Waals surface area contributed by atoms with Crippen LogP contribution < -0.4 is 0 Å². The van der Waals surface area contributed by atoms with Gasteiger partial charge in [0, 0.05) is 12.0 Å². The molecular formula is C9H11NO3. The van der Waals surface area contributed by atoms with Gasteiger partial charge in [-0.3, -0.25) is 4.79 Å². The van der Waals surface area contributed by atoms with Gasteiger partial charge in [-0.25, -0.2) is 0 Å². The van der Waals surface area contributed by atoms with Gasteiger partial charge in [-0.15, -0.1) is 0 Å². The number of ether oxygens (including phenoxy) is 1.